The first-order chi connectivity index (χ1) is 16.1. The second kappa shape index (κ2) is 9.28. The lowest BCUT2D eigenvalue weighted by Crippen LogP contribution is -2.51. The summed E-state index contributed by atoms with van der Waals surface area (Å²) in [6.45, 7) is 0.0551. The van der Waals surface area contributed by atoms with Crippen LogP contribution in [0.4, 0.5) is 8.78 Å². The van der Waals surface area contributed by atoms with Crippen LogP contribution < -0.4 is 15.4 Å². The third-order valence-corrected chi connectivity index (χ3v) is 6.24. The molecular formula is C23H22ClF2N3O5. The van der Waals surface area contributed by atoms with Crippen molar-refractivity contribution in [3.8, 4) is 5.75 Å². The largest absolute Gasteiger partial charge is 0.496 e. The number of carbonyl (C=O) groups is 3. The molecule has 2 atom stereocenters. The number of fused-ring (bicyclic) bond motifs is 1. The number of nitrogens with one attached hydrogen (secondary N) is 2. The lowest BCUT2D eigenvalue weighted by atomic mass is 10.0. The van der Waals surface area contributed by atoms with Crippen LogP contribution in [0.15, 0.2) is 36.4 Å². The highest BCUT2D eigenvalue weighted by Gasteiger charge is 2.44. The van der Waals surface area contributed by atoms with Crippen molar-refractivity contribution >= 4 is 29.3 Å². The van der Waals surface area contributed by atoms with Crippen molar-refractivity contribution in [1.82, 2.24) is 15.5 Å². The Kier molecular flexibility index (Phi) is 6.57. The van der Waals surface area contributed by atoms with E-state index < -0.39 is 35.6 Å². The van der Waals surface area contributed by atoms with E-state index in [1.165, 1.54) is 19.2 Å². The number of alkyl halides is 2. The van der Waals surface area contributed by atoms with Crippen LogP contribution in [0.25, 0.3) is 0 Å². The molecule has 0 bridgehead atoms. The maximum atomic E-state index is 14.8. The molecule has 0 spiro atoms. The molecule has 4 rings (SSSR count). The molecule has 0 saturated carbocycles. The van der Waals surface area contributed by atoms with Crippen LogP contribution in [-0.2, 0) is 33.4 Å². The fraction of sp³-hybridized carbons (Fsp3) is 0.348. The van der Waals surface area contributed by atoms with E-state index in [1.807, 2.05) is 0 Å². The number of aliphatic hydroxyl groups is 1. The fourth-order valence-corrected chi connectivity index (χ4v) is 4.41. The molecule has 2 unspecified atom stereocenters. The van der Waals surface area contributed by atoms with Gasteiger partial charge in [-0.3, -0.25) is 24.6 Å². The predicted octanol–water partition coefficient (Wildman–Crippen LogP) is 2.37. The van der Waals surface area contributed by atoms with Gasteiger partial charge < -0.3 is 15.2 Å². The second-order valence-electron chi connectivity index (χ2n) is 8.15. The Hall–Kier alpha value is -3.08. The Bertz CT molecular complexity index is 1160. The predicted molar refractivity (Wildman–Crippen MR) is 117 cm³/mol. The molecule has 0 aromatic heterocycles. The molecule has 2 aliphatic heterocycles. The number of carbonyl (C=O) groups excluding carboxylic acids is 3. The van der Waals surface area contributed by atoms with Crippen molar-refractivity contribution in [2.24, 2.45) is 0 Å². The number of aliphatic hydroxyl groups excluding tert-OH is 1. The molecule has 3 N–H and O–H groups in total. The number of piperidine rings is 1. The first-order valence-corrected chi connectivity index (χ1v) is 10.9. The summed E-state index contributed by atoms with van der Waals surface area (Å²) in [5.74, 6) is -6.37. The first-order valence-electron chi connectivity index (χ1n) is 10.5. The number of rotatable bonds is 6. The minimum atomic E-state index is -3.88. The second-order valence-corrected chi connectivity index (χ2v) is 8.58. The van der Waals surface area contributed by atoms with Gasteiger partial charge in [-0.05, 0) is 41.3 Å². The minimum Gasteiger partial charge on any atom is -0.496 e. The third kappa shape index (κ3) is 4.48. The zero-order valence-corrected chi connectivity index (χ0v) is 18.9. The quantitative estimate of drug-likeness (QED) is 0.533. The maximum Gasteiger partial charge on any atom is 0.353 e. The van der Waals surface area contributed by atoms with Crippen molar-refractivity contribution in [3.05, 3.63) is 63.7 Å². The maximum absolute atomic E-state index is 14.8. The van der Waals surface area contributed by atoms with Crippen molar-refractivity contribution in [1.29, 1.82) is 0 Å². The van der Waals surface area contributed by atoms with E-state index >= 15 is 0 Å². The first kappa shape index (κ1) is 24.1. The number of methoxy groups -OCH3 is 1. The van der Waals surface area contributed by atoms with Gasteiger partial charge in [-0.2, -0.15) is 8.78 Å². The standard InChI is InChI=1S/C23H22ClF2N3O5/c1-34-18-6-3-14(24)9-16(18)23(25,26)22(33)27-10-12-2-4-15-13(8-12)11-29(21(15)32)17-5-7-19(30)28-20(17)31/h2-4,6,8-9,17,21,32H,5,7,10-11H2,1H3,(H,27,33)(H,28,30,31). The van der Waals surface area contributed by atoms with Gasteiger partial charge in [0.05, 0.1) is 18.7 Å². The Balaban J connectivity index is 1.45. The van der Waals surface area contributed by atoms with Crippen molar-refractivity contribution < 1.29 is 33.0 Å². The number of hydrogen-bond donors (Lipinski definition) is 3. The molecule has 1 fully saturated rings. The van der Waals surface area contributed by atoms with Gasteiger partial charge in [0.2, 0.25) is 11.8 Å². The van der Waals surface area contributed by atoms with Crippen molar-refractivity contribution in [2.75, 3.05) is 7.11 Å². The summed E-state index contributed by atoms with van der Waals surface area (Å²) in [7, 11) is 1.22. The van der Waals surface area contributed by atoms with E-state index in [9.17, 15) is 28.3 Å². The molecule has 180 valence electrons. The summed E-state index contributed by atoms with van der Waals surface area (Å²) in [6.07, 6.45) is -0.568. The zero-order valence-electron chi connectivity index (χ0n) is 18.1. The minimum absolute atomic E-state index is 0.0426. The smallest absolute Gasteiger partial charge is 0.353 e. The van der Waals surface area contributed by atoms with Crippen LogP contribution in [0.3, 0.4) is 0 Å². The Labute approximate surface area is 198 Å². The van der Waals surface area contributed by atoms with E-state index in [-0.39, 0.29) is 36.2 Å². The molecule has 1 saturated heterocycles. The average molecular weight is 494 g/mol. The van der Waals surface area contributed by atoms with Gasteiger partial charge in [0, 0.05) is 24.5 Å². The van der Waals surface area contributed by atoms with Gasteiger partial charge in [-0.25, -0.2) is 0 Å². The Morgan fingerprint density at radius 3 is 2.76 bits per heavy atom. The van der Waals surface area contributed by atoms with Crippen LogP contribution in [0.5, 0.6) is 5.75 Å². The van der Waals surface area contributed by atoms with Gasteiger partial charge in [-0.15, -0.1) is 0 Å². The highest BCUT2D eigenvalue weighted by atomic mass is 35.5. The van der Waals surface area contributed by atoms with Gasteiger partial charge in [0.1, 0.15) is 12.0 Å². The number of ether oxygens (including phenoxy) is 1. The molecule has 2 aromatic rings. The van der Waals surface area contributed by atoms with Gasteiger partial charge in [0.15, 0.2) is 0 Å². The van der Waals surface area contributed by atoms with Crippen LogP contribution in [0.2, 0.25) is 5.02 Å². The topological polar surface area (TPSA) is 108 Å². The highest BCUT2D eigenvalue weighted by molar-refractivity contribution is 6.30. The van der Waals surface area contributed by atoms with Crippen molar-refractivity contribution in [3.63, 3.8) is 0 Å². The summed E-state index contributed by atoms with van der Waals surface area (Å²) in [5.41, 5.74) is 1.18. The third-order valence-electron chi connectivity index (χ3n) is 6.00. The number of amides is 3. The van der Waals surface area contributed by atoms with Gasteiger partial charge >= 0.3 is 5.92 Å². The summed E-state index contributed by atoms with van der Waals surface area (Å²) in [4.78, 5) is 37.5. The molecule has 34 heavy (non-hydrogen) atoms. The molecule has 0 radical (unpaired) electrons. The van der Waals surface area contributed by atoms with Crippen LogP contribution in [0.1, 0.15) is 41.3 Å². The Morgan fingerprint density at radius 2 is 2.06 bits per heavy atom. The van der Waals surface area contributed by atoms with Gasteiger partial charge in [0.25, 0.3) is 5.91 Å². The highest BCUT2D eigenvalue weighted by Crippen LogP contribution is 2.38. The van der Waals surface area contributed by atoms with Crippen LogP contribution in [0, 0.1) is 0 Å². The van der Waals surface area contributed by atoms with E-state index in [1.54, 1.807) is 23.1 Å². The normalized spacial score (nSPS) is 20.6. The molecule has 2 aliphatic rings. The lowest BCUT2D eigenvalue weighted by molar-refractivity contribution is -0.147. The summed E-state index contributed by atoms with van der Waals surface area (Å²) < 4.78 is 34.6. The number of benzene rings is 2. The van der Waals surface area contributed by atoms with Crippen LogP contribution >= 0.6 is 11.6 Å². The van der Waals surface area contributed by atoms with E-state index in [0.29, 0.717) is 23.1 Å². The summed E-state index contributed by atoms with van der Waals surface area (Å²) in [6, 6.07) is 7.89. The van der Waals surface area contributed by atoms with Crippen molar-refractivity contribution in [2.45, 2.75) is 44.1 Å². The monoisotopic (exact) mass is 493 g/mol. The number of imide groups is 1. The molecule has 8 nitrogen and oxygen atoms in total. The lowest BCUT2D eigenvalue weighted by Gasteiger charge is -2.31. The molecule has 2 heterocycles. The Morgan fingerprint density at radius 1 is 1.29 bits per heavy atom. The number of nitrogens with zero attached hydrogens (tertiary/aromatic N) is 1. The SMILES string of the molecule is COc1ccc(Cl)cc1C(F)(F)C(=O)NCc1ccc2c(c1)CN(C1CCC(=O)NC1=O)C2O. The summed E-state index contributed by atoms with van der Waals surface area (Å²) >= 11 is 5.82. The fourth-order valence-electron chi connectivity index (χ4n) is 4.24. The molecular weight excluding hydrogens is 472 g/mol. The molecule has 0 aliphatic carbocycles. The van der Waals surface area contributed by atoms with Crippen LogP contribution in [-0.4, -0.2) is 40.9 Å². The molecule has 2 aromatic carbocycles. The van der Waals surface area contributed by atoms with E-state index in [4.69, 9.17) is 16.3 Å². The van der Waals surface area contributed by atoms with Gasteiger partial charge in [-0.1, -0.05) is 29.8 Å². The average Bonchev–Trinajstić information content (AvgIpc) is 3.12. The number of hydrogen-bond acceptors (Lipinski definition) is 6. The van der Waals surface area contributed by atoms with E-state index in [2.05, 4.69) is 10.6 Å². The summed E-state index contributed by atoms with van der Waals surface area (Å²) in [5, 5.41) is 15.2. The van der Waals surface area contributed by atoms with E-state index in [0.717, 1.165) is 6.07 Å². The number of halogens is 3. The zero-order chi connectivity index (χ0) is 24.6. The molecule has 3 amide bonds. The molecule has 11 heteroatoms.